The molecule has 0 aliphatic carbocycles. The maximum atomic E-state index is 14.2. The molecule has 1 aliphatic heterocycles. The molecule has 3 aromatic carbocycles. The Morgan fingerprint density at radius 2 is 1.83 bits per heavy atom. The highest BCUT2D eigenvalue weighted by Gasteiger charge is 2.36. The number of hydrogen-bond donors (Lipinski definition) is 2. The third-order valence-electron chi connectivity index (χ3n) is 6.44. The van der Waals surface area contributed by atoms with Crippen molar-refractivity contribution in [3.8, 4) is 11.3 Å². The van der Waals surface area contributed by atoms with Crippen molar-refractivity contribution >= 4 is 34.9 Å². The average Bonchev–Trinajstić information content (AvgIpc) is 3.53. The number of rotatable bonds is 4. The molecule has 2 N–H and O–H groups in total. The number of alkyl halides is 3. The van der Waals surface area contributed by atoms with E-state index in [2.05, 4.69) is 25.7 Å². The Labute approximate surface area is 231 Å². The number of carbonyl (C=O) groups excluding carboxylic acids is 2. The van der Waals surface area contributed by atoms with Crippen molar-refractivity contribution in [2.45, 2.75) is 12.2 Å². The zero-order valence-corrected chi connectivity index (χ0v) is 21.1. The van der Waals surface area contributed by atoms with Crippen molar-refractivity contribution in [1.29, 1.82) is 0 Å². The number of anilines is 1. The summed E-state index contributed by atoms with van der Waals surface area (Å²) < 4.78 is 69.5. The van der Waals surface area contributed by atoms with Gasteiger partial charge in [0, 0.05) is 44.7 Å². The SMILES string of the molecule is O=C(Nc1cc(-c2ccn3ncnc3n2)cc2c1C(c1cc(F)ccc1Cl)NC2=O)c1cc(F)cc(C(F)(F)F)c1. The molecule has 0 spiro atoms. The molecule has 41 heavy (non-hydrogen) atoms. The average molecular weight is 585 g/mol. The lowest BCUT2D eigenvalue weighted by atomic mass is 9.93. The lowest BCUT2D eigenvalue weighted by molar-refractivity contribution is -0.137. The Balaban J connectivity index is 1.51. The van der Waals surface area contributed by atoms with E-state index in [0.29, 0.717) is 23.4 Å². The van der Waals surface area contributed by atoms with E-state index in [9.17, 15) is 31.5 Å². The number of amides is 2. The van der Waals surface area contributed by atoms with Gasteiger partial charge in [-0.1, -0.05) is 11.6 Å². The largest absolute Gasteiger partial charge is 0.416 e. The van der Waals surface area contributed by atoms with E-state index in [4.69, 9.17) is 11.6 Å². The summed E-state index contributed by atoms with van der Waals surface area (Å²) in [6.45, 7) is 0. The second-order valence-corrected chi connectivity index (χ2v) is 9.46. The first kappa shape index (κ1) is 26.3. The van der Waals surface area contributed by atoms with Gasteiger partial charge in [0.1, 0.15) is 18.0 Å². The number of carbonyl (C=O) groups is 2. The minimum atomic E-state index is -4.90. The molecule has 8 nitrogen and oxygen atoms in total. The van der Waals surface area contributed by atoms with E-state index in [1.165, 1.54) is 29.0 Å². The van der Waals surface area contributed by atoms with Crippen LogP contribution in [-0.2, 0) is 6.18 Å². The van der Waals surface area contributed by atoms with E-state index >= 15 is 0 Å². The fourth-order valence-corrected chi connectivity index (χ4v) is 4.84. The predicted octanol–water partition coefficient (Wildman–Crippen LogP) is 5.83. The summed E-state index contributed by atoms with van der Waals surface area (Å²) in [6, 6.07) is 8.45. The lowest BCUT2D eigenvalue weighted by Crippen LogP contribution is -2.21. The van der Waals surface area contributed by atoms with Crippen LogP contribution in [0.25, 0.3) is 17.0 Å². The molecule has 5 aromatic rings. The molecule has 3 heterocycles. The molecular weight excluding hydrogens is 571 g/mol. The molecule has 1 atom stereocenters. The molecule has 0 fully saturated rings. The second-order valence-electron chi connectivity index (χ2n) is 9.06. The monoisotopic (exact) mass is 584 g/mol. The fraction of sp³-hybridized carbons (Fsp3) is 0.0741. The number of halogens is 6. The number of fused-ring (bicyclic) bond motifs is 2. The summed E-state index contributed by atoms with van der Waals surface area (Å²) >= 11 is 6.32. The molecule has 0 radical (unpaired) electrons. The quantitative estimate of drug-likeness (QED) is 0.259. The molecule has 0 bridgehead atoms. The summed E-state index contributed by atoms with van der Waals surface area (Å²) in [5.41, 5.74) is -0.903. The van der Waals surface area contributed by atoms with Crippen LogP contribution in [0, 0.1) is 11.6 Å². The highest BCUT2D eigenvalue weighted by molar-refractivity contribution is 6.31. The van der Waals surface area contributed by atoms with Gasteiger partial charge in [-0.15, -0.1) is 0 Å². The van der Waals surface area contributed by atoms with E-state index in [-0.39, 0.29) is 39.2 Å². The molecule has 206 valence electrons. The van der Waals surface area contributed by atoms with Crippen LogP contribution < -0.4 is 10.6 Å². The van der Waals surface area contributed by atoms with Crippen LogP contribution in [0.1, 0.15) is 43.4 Å². The summed E-state index contributed by atoms with van der Waals surface area (Å²) in [5, 5.41) is 9.29. The van der Waals surface area contributed by atoms with Crippen LogP contribution in [-0.4, -0.2) is 31.4 Å². The molecule has 6 rings (SSSR count). The first-order chi connectivity index (χ1) is 19.5. The summed E-state index contributed by atoms with van der Waals surface area (Å²) in [5.74, 6) is -3.34. The van der Waals surface area contributed by atoms with Crippen molar-refractivity contribution in [1.82, 2.24) is 24.9 Å². The van der Waals surface area contributed by atoms with E-state index in [1.54, 1.807) is 12.3 Å². The van der Waals surface area contributed by atoms with Gasteiger partial charge in [0.25, 0.3) is 17.6 Å². The number of nitrogens with one attached hydrogen (secondary N) is 2. The van der Waals surface area contributed by atoms with Crippen molar-refractivity contribution < 1.29 is 31.5 Å². The third kappa shape index (κ3) is 4.84. The van der Waals surface area contributed by atoms with Crippen molar-refractivity contribution in [2.75, 3.05) is 5.32 Å². The maximum absolute atomic E-state index is 14.2. The van der Waals surface area contributed by atoms with Gasteiger partial charge in [-0.3, -0.25) is 9.59 Å². The Morgan fingerprint density at radius 3 is 2.61 bits per heavy atom. The van der Waals surface area contributed by atoms with Crippen LogP contribution in [0.3, 0.4) is 0 Å². The summed E-state index contributed by atoms with van der Waals surface area (Å²) in [4.78, 5) is 34.7. The maximum Gasteiger partial charge on any atom is 0.416 e. The Bertz CT molecular complexity index is 1890. The molecule has 2 aromatic heterocycles. The smallest absolute Gasteiger partial charge is 0.341 e. The Kier molecular flexibility index (Phi) is 6.18. The van der Waals surface area contributed by atoms with Crippen molar-refractivity contribution in [2.24, 2.45) is 0 Å². The molecule has 0 saturated carbocycles. The van der Waals surface area contributed by atoms with E-state index < -0.39 is 46.8 Å². The molecule has 14 heteroatoms. The van der Waals surface area contributed by atoms with Crippen LogP contribution in [0.2, 0.25) is 5.02 Å². The van der Waals surface area contributed by atoms with Gasteiger partial charge in [-0.05, 0) is 54.6 Å². The van der Waals surface area contributed by atoms with E-state index in [0.717, 1.165) is 12.1 Å². The first-order valence-corrected chi connectivity index (χ1v) is 12.2. The van der Waals surface area contributed by atoms with E-state index in [1.807, 2.05) is 0 Å². The van der Waals surface area contributed by atoms with Crippen LogP contribution in [0.5, 0.6) is 0 Å². The minimum absolute atomic E-state index is 0.0212. The van der Waals surface area contributed by atoms with Gasteiger partial charge < -0.3 is 10.6 Å². The highest BCUT2D eigenvalue weighted by Crippen LogP contribution is 2.42. The van der Waals surface area contributed by atoms with Crippen LogP contribution >= 0.6 is 11.6 Å². The number of benzene rings is 3. The zero-order valence-electron chi connectivity index (χ0n) is 20.3. The Morgan fingerprint density at radius 1 is 1.02 bits per heavy atom. The third-order valence-corrected chi connectivity index (χ3v) is 6.78. The zero-order chi connectivity index (χ0) is 29.1. The number of nitrogens with zero attached hydrogens (tertiary/aromatic N) is 4. The van der Waals surface area contributed by atoms with Gasteiger partial charge in [0.15, 0.2) is 0 Å². The highest BCUT2D eigenvalue weighted by atomic mass is 35.5. The summed E-state index contributed by atoms with van der Waals surface area (Å²) in [6.07, 6.45) is -2.05. The summed E-state index contributed by atoms with van der Waals surface area (Å²) in [7, 11) is 0. The fourth-order valence-electron chi connectivity index (χ4n) is 4.61. The number of aromatic nitrogens is 4. The number of hydrogen-bond acceptors (Lipinski definition) is 5. The van der Waals surface area contributed by atoms with Crippen molar-refractivity contribution in [3.05, 3.63) is 112 Å². The first-order valence-electron chi connectivity index (χ1n) is 11.8. The van der Waals surface area contributed by atoms with Gasteiger partial charge in [0.05, 0.1) is 17.3 Å². The topological polar surface area (TPSA) is 101 Å². The molecular formula is C27H14ClF5N6O2. The molecule has 1 unspecified atom stereocenters. The van der Waals surface area contributed by atoms with Crippen molar-refractivity contribution in [3.63, 3.8) is 0 Å². The van der Waals surface area contributed by atoms with Gasteiger partial charge in [0.2, 0.25) is 0 Å². The molecule has 2 amide bonds. The Hall–Kier alpha value is -4.91. The lowest BCUT2D eigenvalue weighted by Gasteiger charge is -2.19. The van der Waals surface area contributed by atoms with Gasteiger partial charge >= 0.3 is 6.18 Å². The minimum Gasteiger partial charge on any atom is -0.341 e. The standard InChI is InChI=1S/C27H14ClF5N6O2/c28-19-2-1-15(29)10-17(19)23-22-18(25(41)38-23)7-12(20-3-4-39-26(37-20)34-11-35-39)8-21(22)36-24(40)13-5-14(27(31,32)33)9-16(30)6-13/h1-11,23H,(H,36,40)(H,38,41). The second kappa shape index (κ2) is 9.63. The van der Waals surface area contributed by atoms with Crippen LogP contribution in [0.15, 0.2) is 67.1 Å². The van der Waals surface area contributed by atoms with Crippen LogP contribution in [0.4, 0.5) is 27.6 Å². The van der Waals surface area contributed by atoms with Gasteiger partial charge in [-0.2, -0.15) is 23.3 Å². The predicted molar refractivity (Wildman–Crippen MR) is 136 cm³/mol. The molecule has 0 saturated heterocycles. The normalized spacial score (nSPS) is 14.7. The van der Waals surface area contributed by atoms with Gasteiger partial charge in [-0.25, -0.2) is 18.3 Å². The molecule has 1 aliphatic rings.